The normalized spacial score (nSPS) is 14.1. The van der Waals surface area contributed by atoms with Crippen LogP contribution in [0, 0.1) is 13.8 Å². The Morgan fingerprint density at radius 3 is 2.35 bits per heavy atom. The lowest BCUT2D eigenvalue weighted by molar-refractivity contribution is 0.0569. The zero-order chi connectivity index (χ0) is 14.9. The molecule has 0 heterocycles. The summed E-state index contributed by atoms with van der Waals surface area (Å²) in [6.45, 7) is 5.87. The van der Waals surface area contributed by atoms with E-state index in [4.69, 9.17) is 23.2 Å². The Morgan fingerprint density at radius 1 is 1.00 bits per heavy atom. The lowest BCUT2D eigenvalue weighted by atomic mass is 9.85. The largest absolute Gasteiger partial charge is 0.385 e. The number of halogens is 2. The molecular formula is C17H18Cl2O. The van der Waals surface area contributed by atoms with Gasteiger partial charge in [0.1, 0.15) is 0 Å². The van der Waals surface area contributed by atoms with E-state index in [0.29, 0.717) is 16.5 Å². The SMILES string of the molecule is Cc1ccc(C)c(C(C)(O)Cc2ccc(Cl)c(Cl)c2)c1. The molecule has 0 amide bonds. The van der Waals surface area contributed by atoms with Crippen LogP contribution in [0.25, 0.3) is 0 Å². The van der Waals surface area contributed by atoms with Crippen molar-refractivity contribution in [3.63, 3.8) is 0 Å². The molecule has 0 fully saturated rings. The second-order valence-electron chi connectivity index (χ2n) is 5.52. The van der Waals surface area contributed by atoms with Crippen LogP contribution in [0.5, 0.6) is 0 Å². The van der Waals surface area contributed by atoms with Crippen molar-refractivity contribution in [2.45, 2.75) is 32.8 Å². The monoisotopic (exact) mass is 308 g/mol. The Hall–Kier alpha value is -1.02. The molecule has 3 heteroatoms. The van der Waals surface area contributed by atoms with E-state index in [-0.39, 0.29) is 0 Å². The predicted octanol–water partition coefficient (Wildman–Crippen LogP) is 5.06. The summed E-state index contributed by atoms with van der Waals surface area (Å²) in [5.74, 6) is 0. The Kier molecular flexibility index (Phi) is 4.43. The fourth-order valence-electron chi connectivity index (χ4n) is 2.46. The van der Waals surface area contributed by atoms with E-state index in [0.717, 1.165) is 22.3 Å². The van der Waals surface area contributed by atoms with E-state index in [2.05, 4.69) is 0 Å². The molecule has 0 aliphatic heterocycles. The first kappa shape index (κ1) is 15.4. The van der Waals surface area contributed by atoms with Gasteiger partial charge in [0.25, 0.3) is 0 Å². The minimum atomic E-state index is -0.937. The molecule has 20 heavy (non-hydrogen) atoms. The van der Waals surface area contributed by atoms with Crippen molar-refractivity contribution in [2.75, 3.05) is 0 Å². The summed E-state index contributed by atoms with van der Waals surface area (Å²) in [4.78, 5) is 0. The topological polar surface area (TPSA) is 20.2 Å². The number of hydrogen-bond acceptors (Lipinski definition) is 1. The lowest BCUT2D eigenvalue weighted by Gasteiger charge is -2.26. The summed E-state index contributed by atoms with van der Waals surface area (Å²) in [6.07, 6.45) is 0.494. The third kappa shape index (κ3) is 3.35. The quantitative estimate of drug-likeness (QED) is 0.840. The molecule has 1 unspecified atom stereocenters. The highest BCUT2D eigenvalue weighted by atomic mass is 35.5. The average Bonchev–Trinajstić information content (AvgIpc) is 2.36. The van der Waals surface area contributed by atoms with Crippen molar-refractivity contribution < 1.29 is 5.11 Å². The van der Waals surface area contributed by atoms with Crippen LogP contribution in [-0.4, -0.2) is 5.11 Å². The average molecular weight is 309 g/mol. The highest BCUT2D eigenvalue weighted by molar-refractivity contribution is 6.42. The lowest BCUT2D eigenvalue weighted by Crippen LogP contribution is -2.25. The first-order valence-electron chi connectivity index (χ1n) is 6.53. The van der Waals surface area contributed by atoms with Crippen molar-refractivity contribution in [1.82, 2.24) is 0 Å². The third-order valence-electron chi connectivity index (χ3n) is 3.51. The molecule has 1 atom stereocenters. The van der Waals surface area contributed by atoms with E-state index in [1.165, 1.54) is 0 Å². The zero-order valence-corrected chi connectivity index (χ0v) is 13.4. The van der Waals surface area contributed by atoms with E-state index >= 15 is 0 Å². The Bertz CT molecular complexity index is 633. The summed E-state index contributed by atoms with van der Waals surface area (Å²) >= 11 is 12.0. The summed E-state index contributed by atoms with van der Waals surface area (Å²) in [7, 11) is 0. The van der Waals surface area contributed by atoms with E-state index < -0.39 is 5.60 Å². The van der Waals surface area contributed by atoms with Gasteiger partial charge in [-0.1, -0.05) is 53.0 Å². The molecule has 0 spiro atoms. The smallest absolute Gasteiger partial charge is 0.0911 e. The Labute approximate surface area is 130 Å². The van der Waals surface area contributed by atoms with Gasteiger partial charge in [-0.2, -0.15) is 0 Å². The van der Waals surface area contributed by atoms with Gasteiger partial charge in [-0.05, 0) is 49.6 Å². The van der Waals surface area contributed by atoms with Crippen molar-refractivity contribution in [2.24, 2.45) is 0 Å². The summed E-state index contributed by atoms with van der Waals surface area (Å²) < 4.78 is 0. The maximum absolute atomic E-state index is 10.8. The molecule has 1 N–H and O–H groups in total. The van der Waals surface area contributed by atoms with Crippen LogP contribution in [0.4, 0.5) is 0 Å². The summed E-state index contributed by atoms with van der Waals surface area (Å²) in [5, 5.41) is 11.9. The fraction of sp³-hybridized carbons (Fsp3) is 0.294. The van der Waals surface area contributed by atoms with Gasteiger partial charge in [0.15, 0.2) is 0 Å². The maximum Gasteiger partial charge on any atom is 0.0911 e. The minimum Gasteiger partial charge on any atom is -0.385 e. The Balaban J connectivity index is 2.34. The van der Waals surface area contributed by atoms with Gasteiger partial charge in [0, 0.05) is 6.42 Å². The highest BCUT2D eigenvalue weighted by Crippen LogP contribution is 2.31. The molecular weight excluding hydrogens is 291 g/mol. The van der Waals surface area contributed by atoms with Crippen LogP contribution in [0.3, 0.4) is 0 Å². The van der Waals surface area contributed by atoms with Crippen LogP contribution in [0.2, 0.25) is 10.0 Å². The fourth-order valence-corrected chi connectivity index (χ4v) is 2.78. The number of aryl methyl sites for hydroxylation is 2. The van der Waals surface area contributed by atoms with Gasteiger partial charge in [0.2, 0.25) is 0 Å². The maximum atomic E-state index is 10.8. The molecule has 2 aromatic rings. The zero-order valence-electron chi connectivity index (χ0n) is 11.9. The molecule has 0 radical (unpaired) electrons. The number of benzene rings is 2. The van der Waals surface area contributed by atoms with Crippen molar-refractivity contribution in [3.05, 3.63) is 68.7 Å². The molecule has 0 saturated heterocycles. The van der Waals surface area contributed by atoms with E-state index in [9.17, 15) is 5.11 Å². The van der Waals surface area contributed by atoms with Gasteiger partial charge >= 0.3 is 0 Å². The second-order valence-corrected chi connectivity index (χ2v) is 6.33. The van der Waals surface area contributed by atoms with Crippen LogP contribution < -0.4 is 0 Å². The van der Waals surface area contributed by atoms with Gasteiger partial charge in [-0.15, -0.1) is 0 Å². The third-order valence-corrected chi connectivity index (χ3v) is 4.24. The number of aliphatic hydroxyl groups is 1. The molecule has 0 bridgehead atoms. The molecule has 106 valence electrons. The van der Waals surface area contributed by atoms with Crippen molar-refractivity contribution >= 4 is 23.2 Å². The van der Waals surface area contributed by atoms with Crippen LogP contribution in [-0.2, 0) is 12.0 Å². The highest BCUT2D eigenvalue weighted by Gasteiger charge is 2.25. The van der Waals surface area contributed by atoms with Crippen LogP contribution >= 0.6 is 23.2 Å². The predicted molar refractivity (Wildman–Crippen MR) is 85.7 cm³/mol. The molecule has 0 aliphatic rings. The first-order valence-corrected chi connectivity index (χ1v) is 7.29. The second kappa shape index (κ2) is 5.77. The van der Waals surface area contributed by atoms with Crippen molar-refractivity contribution in [1.29, 1.82) is 0 Å². The molecule has 2 rings (SSSR count). The van der Waals surface area contributed by atoms with Gasteiger partial charge in [-0.3, -0.25) is 0 Å². The molecule has 0 aliphatic carbocycles. The van der Waals surface area contributed by atoms with Crippen LogP contribution in [0.15, 0.2) is 36.4 Å². The van der Waals surface area contributed by atoms with E-state index in [1.54, 1.807) is 6.07 Å². The van der Waals surface area contributed by atoms with Gasteiger partial charge < -0.3 is 5.11 Å². The van der Waals surface area contributed by atoms with Gasteiger partial charge in [0.05, 0.1) is 15.6 Å². The number of rotatable bonds is 3. The molecule has 2 aromatic carbocycles. The molecule has 1 nitrogen and oxygen atoms in total. The first-order chi connectivity index (χ1) is 9.29. The summed E-state index contributed by atoms with van der Waals surface area (Å²) in [5.41, 5.74) is 3.20. The van der Waals surface area contributed by atoms with Crippen molar-refractivity contribution in [3.8, 4) is 0 Å². The minimum absolute atomic E-state index is 0.494. The standard InChI is InChI=1S/C17H18Cl2O/c1-11-4-5-12(2)14(8-11)17(3,20)10-13-6-7-15(18)16(19)9-13/h4-9,20H,10H2,1-3H3. The number of hydrogen-bond donors (Lipinski definition) is 1. The summed E-state index contributed by atoms with van der Waals surface area (Å²) in [6, 6.07) is 11.6. The van der Waals surface area contributed by atoms with E-state index in [1.807, 2.05) is 51.1 Å². The molecule has 0 aromatic heterocycles. The Morgan fingerprint density at radius 2 is 1.70 bits per heavy atom. The molecule has 0 saturated carbocycles. The van der Waals surface area contributed by atoms with Gasteiger partial charge in [-0.25, -0.2) is 0 Å². The van der Waals surface area contributed by atoms with Crippen LogP contribution in [0.1, 0.15) is 29.2 Å².